The second kappa shape index (κ2) is 11.1. The molecule has 0 radical (unpaired) electrons. The van der Waals surface area contributed by atoms with Crippen LogP contribution in [0.4, 0.5) is 5.69 Å². The Morgan fingerprint density at radius 2 is 1.79 bits per heavy atom. The van der Waals surface area contributed by atoms with Crippen LogP contribution in [0, 0.1) is 0 Å². The highest BCUT2D eigenvalue weighted by molar-refractivity contribution is 14.0. The van der Waals surface area contributed by atoms with Crippen molar-refractivity contribution in [3.63, 3.8) is 0 Å². The first-order valence-corrected chi connectivity index (χ1v) is 10.2. The van der Waals surface area contributed by atoms with Crippen LogP contribution in [0.2, 0.25) is 5.02 Å². The highest BCUT2D eigenvalue weighted by Gasteiger charge is 2.25. The smallest absolute Gasteiger partial charge is 0.243 e. The van der Waals surface area contributed by atoms with Gasteiger partial charge in [0.1, 0.15) is 6.54 Å². The predicted octanol–water partition coefficient (Wildman–Crippen LogP) is 3.10. The maximum atomic E-state index is 11.9. The Hall–Kier alpha value is -1.22. The van der Waals surface area contributed by atoms with Crippen molar-refractivity contribution in [1.29, 1.82) is 0 Å². The minimum Gasteiger partial charge on any atom is -0.369 e. The average molecular weight is 520 g/mol. The molecule has 1 unspecified atom stereocenters. The zero-order chi connectivity index (χ0) is 19.2. The number of amides is 1. The highest BCUT2D eigenvalue weighted by Crippen LogP contribution is 2.22. The highest BCUT2D eigenvalue weighted by atomic mass is 127. The molecule has 0 bridgehead atoms. The van der Waals surface area contributed by atoms with Crippen LogP contribution in [0.1, 0.15) is 32.1 Å². The lowest BCUT2D eigenvalue weighted by Crippen LogP contribution is -2.48. The number of guanidine groups is 1. The summed E-state index contributed by atoms with van der Waals surface area (Å²) < 4.78 is 0. The monoisotopic (exact) mass is 519 g/mol. The third-order valence-electron chi connectivity index (χ3n) is 5.29. The molecule has 1 saturated carbocycles. The Morgan fingerprint density at radius 1 is 1.14 bits per heavy atom. The van der Waals surface area contributed by atoms with Crippen molar-refractivity contribution in [2.45, 2.75) is 44.2 Å². The summed E-state index contributed by atoms with van der Waals surface area (Å²) >= 11 is 5.99. The van der Waals surface area contributed by atoms with E-state index in [1.807, 2.05) is 12.1 Å². The average Bonchev–Trinajstić information content (AvgIpc) is 3.32. The Balaban J connectivity index is 0.00000280. The van der Waals surface area contributed by atoms with Crippen molar-refractivity contribution in [3.05, 3.63) is 29.3 Å². The van der Waals surface area contributed by atoms with E-state index in [0.717, 1.165) is 30.5 Å². The van der Waals surface area contributed by atoms with Crippen LogP contribution in [0.25, 0.3) is 0 Å². The molecule has 1 amide bonds. The minimum absolute atomic E-state index is 0. The summed E-state index contributed by atoms with van der Waals surface area (Å²) in [4.78, 5) is 20.4. The second-order valence-electron chi connectivity index (χ2n) is 7.63. The van der Waals surface area contributed by atoms with Gasteiger partial charge in [-0.05, 0) is 43.5 Å². The molecule has 3 rings (SSSR count). The Labute approximate surface area is 190 Å². The van der Waals surface area contributed by atoms with Gasteiger partial charge in [-0.15, -0.1) is 24.0 Å². The largest absolute Gasteiger partial charge is 0.369 e. The number of likely N-dealkylation sites (N-methyl/N-ethyl adjacent to an activating group) is 1. The molecule has 0 aromatic heterocycles. The lowest BCUT2D eigenvalue weighted by molar-refractivity contribution is -0.127. The number of halogens is 2. The van der Waals surface area contributed by atoms with E-state index in [9.17, 15) is 4.79 Å². The second-order valence-corrected chi connectivity index (χ2v) is 8.07. The maximum Gasteiger partial charge on any atom is 0.243 e. The first kappa shape index (κ1) is 23.1. The standard InChI is InChI=1S/C20H30ClN5O.HI/c1-25(2)19(27)13-22-20(23-16-5-3-4-6-16)24-17-11-12-26(14-17)18-9-7-15(21)8-10-18;/h7-10,16-17H,3-6,11-14H2,1-2H3,(H2,22,23,24);1H. The predicted molar refractivity (Wildman–Crippen MR) is 127 cm³/mol. The molecule has 8 heteroatoms. The van der Waals surface area contributed by atoms with Gasteiger partial charge in [-0.1, -0.05) is 24.4 Å². The summed E-state index contributed by atoms with van der Waals surface area (Å²) in [6, 6.07) is 8.75. The molecule has 0 spiro atoms. The summed E-state index contributed by atoms with van der Waals surface area (Å²) in [7, 11) is 3.52. The molecular formula is C20H31ClIN5O. The van der Waals surface area contributed by atoms with E-state index in [-0.39, 0.29) is 36.4 Å². The first-order valence-electron chi connectivity index (χ1n) is 9.79. The van der Waals surface area contributed by atoms with Gasteiger partial charge < -0.3 is 20.4 Å². The summed E-state index contributed by atoms with van der Waals surface area (Å²) in [5, 5.41) is 7.84. The van der Waals surface area contributed by atoms with Gasteiger partial charge in [-0.25, -0.2) is 4.99 Å². The van der Waals surface area contributed by atoms with E-state index in [0.29, 0.717) is 12.1 Å². The Bertz CT molecular complexity index is 661. The molecule has 2 fully saturated rings. The number of aliphatic imine (C=N–C) groups is 1. The van der Waals surface area contributed by atoms with Crippen LogP contribution < -0.4 is 15.5 Å². The summed E-state index contributed by atoms with van der Waals surface area (Å²) in [5.74, 6) is 0.775. The Kier molecular flexibility index (Phi) is 9.14. The van der Waals surface area contributed by atoms with Gasteiger partial charge in [0.2, 0.25) is 5.91 Å². The quantitative estimate of drug-likeness (QED) is 0.357. The van der Waals surface area contributed by atoms with Crippen molar-refractivity contribution in [2.75, 3.05) is 38.6 Å². The third kappa shape index (κ3) is 6.69. The lowest BCUT2D eigenvalue weighted by atomic mass is 10.2. The zero-order valence-corrected chi connectivity index (χ0v) is 19.7. The van der Waals surface area contributed by atoms with Gasteiger partial charge in [0.15, 0.2) is 5.96 Å². The van der Waals surface area contributed by atoms with Gasteiger partial charge in [0, 0.05) is 50.0 Å². The fourth-order valence-electron chi connectivity index (χ4n) is 3.64. The van der Waals surface area contributed by atoms with Gasteiger partial charge in [0.25, 0.3) is 0 Å². The maximum absolute atomic E-state index is 11.9. The number of anilines is 1. The fraction of sp³-hybridized carbons (Fsp3) is 0.600. The number of hydrogen-bond donors (Lipinski definition) is 2. The molecule has 6 nitrogen and oxygen atoms in total. The van der Waals surface area contributed by atoms with E-state index in [4.69, 9.17) is 11.6 Å². The lowest BCUT2D eigenvalue weighted by Gasteiger charge is -2.22. The van der Waals surface area contributed by atoms with Crippen LogP contribution in [-0.4, -0.2) is 62.6 Å². The van der Waals surface area contributed by atoms with E-state index in [1.165, 1.54) is 31.4 Å². The molecule has 1 aromatic carbocycles. The van der Waals surface area contributed by atoms with Crippen LogP contribution in [0.15, 0.2) is 29.3 Å². The van der Waals surface area contributed by atoms with Crippen LogP contribution >= 0.6 is 35.6 Å². The fourth-order valence-corrected chi connectivity index (χ4v) is 3.77. The van der Waals surface area contributed by atoms with E-state index >= 15 is 0 Å². The zero-order valence-electron chi connectivity index (χ0n) is 16.7. The van der Waals surface area contributed by atoms with Gasteiger partial charge in [-0.3, -0.25) is 4.79 Å². The van der Waals surface area contributed by atoms with Crippen LogP contribution in [0.3, 0.4) is 0 Å². The van der Waals surface area contributed by atoms with Crippen LogP contribution in [-0.2, 0) is 4.79 Å². The molecular weight excluding hydrogens is 489 g/mol. The molecule has 1 aromatic rings. The normalized spacial score (nSPS) is 20.0. The van der Waals surface area contributed by atoms with Gasteiger partial charge >= 0.3 is 0 Å². The van der Waals surface area contributed by atoms with Crippen molar-refractivity contribution < 1.29 is 4.79 Å². The molecule has 2 aliphatic rings. The summed E-state index contributed by atoms with van der Waals surface area (Å²) in [5.41, 5.74) is 1.19. The number of rotatable bonds is 5. The molecule has 1 heterocycles. The Morgan fingerprint density at radius 3 is 2.43 bits per heavy atom. The van der Waals surface area contributed by atoms with Crippen LogP contribution in [0.5, 0.6) is 0 Å². The molecule has 156 valence electrons. The van der Waals surface area contributed by atoms with E-state index in [1.54, 1.807) is 19.0 Å². The van der Waals surface area contributed by atoms with Crippen molar-refractivity contribution in [1.82, 2.24) is 15.5 Å². The van der Waals surface area contributed by atoms with E-state index < -0.39 is 0 Å². The van der Waals surface area contributed by atoms with E-state index in [2.05, 4.69) is 32.7 Å². The molecule has 1 aliphatic carbocycles. The number of nitrogens with zero attached hydrogens (tertiary/aromatic N) is 3. The van der Waals surface area contributed by atoms with Crippen molar-refractivity contribution in [2.24, 2.45) is 4.99 Å². The van der Waals surface area contributed by atoms with Gasteiger partial charge in [0.05, 0.1) is 0 Å². The molecule has 1 atom stereocenters. The molecule has 1 aliphatic heterocycles. The molecule has 2 N–H and O–H groups in total. The third-order valence-corrected chi connectivity index (χ3v) is 5.54. The number of benzene rings is 1. The molecule has 28 heavy (non-hydrogen) atoms. The SMILES string of the molecule is CN(C)C(=O)CN=C(NC1CCCC1)NC1CCN(c2ccc(Cl)cc2)C1.I. The number of nitrogens with one attached hydrogen (secondary N) is 2. The molecule has 1 saturated heterocycles. The van der Waals surface area contributed by atoms with Gasteiger partial charge in [-0.2, -0.15) is 0 Å². The summed E-state index contributed by atoms with van der Waals surface area (Å²) in [6.07, 6.45) is 5.90. The number of carbonyl (C=O) groups is 1. The topological polar surface area (TPSA) is 60.0 Å². The summed E-state index contributed by atoms with van der Waals surface area (Å²) in [6.45, 7) is 2.07. The first-order chi connectivity index (χ1) is 13.0. The van der Waals surface area contributed by atoms with Crippen molar-refractivity contribution in [3.8, 4) is 0 Å². The minimum atomic E-state index is 0. The number of hydrogen-bond acceptors (Lipinski definition) is 3. The van der Waals surface area contributed by atoms with Crippen molar-refractivity contribution >= 4 is 53.1 Å². The number of carbonyl (C=O) groups excluding carboxylic acids is 1.